The lowest BCUT2D eigenvalue weighted by Gasteiger charge is -2.05. The van der Waals surface area contributed by atoms with Crippen LogP contribution in [0.3, 0.4) is 0 Å². The lowest BCUT2D eigenvalue weighted by molar-refractivity contribution is 0.467. The van der Waals surface area contributed by atoms with Crippen molar-refractivity contribution >= 4 is 12.2 Å². The topological polar surface area (TPSA) is 40.5 Å². The first-order valence-corrected chi connectivity index (χ1v) is 6.25. The SMILES string of the molecule is Cc1cc(/C=C/c2cc(C)c(O)c(C)c2)ccc1O. The van der Waals surface area contributed by atoms with Crippen molar-refractivity contribution in [2.75, 3.05) is 0 Å². The molecule has 0 spiro atoms. The minimum Gasteiger partial charge on any atom is -0.508 e. The molecule has 2 rings (SSSR count). The molecule has 19 heavy (non-hydrogen) atoms. The van der Waals surface area contributed by atoms with Gasteiger partial charge < -0.3 is 10.2 Å². The lowest BCUT2D eigenvalue weighted by atomic mass is 10.0. The van der Waals surface area contributed by atoms with E-state index in [4.69, 9.17) is 0 Å². The van der Waals surface area contributed by atoms with Crippen LogP contribution >= 0.6 is 0 Å². The Bertz CT molecular complexity index is 617. The molecular weight excluding hydrogens is 236 g/mol. The second-order valence-corrected chi connectivity index (χ2v) is 4.88. The van der Waals surface area contributed by atoms with Crippen LogP contribution in [0.4, 0.5) is 0 Å². The van der Waals surface area contributed by atoms with Crippen molar-refractivity contribution < 1.29 is 10.2 Å². The third-order valence-electron chi connectivity index (χ3n) is 3.20. The molecule has 0 unspecified atom stereocenters. The normalized spacial score (nSPS) is 11.1. The van der Waals surface area contributed by atoms with E-state index in [9.17, 15) is 10.2 Å². The highest BCUT2D eigenvalue weighted by atomic mass is 16.3. The molecule has 0 heterocycles. The highest BCUT2D eigenvalue weighted by Crippen LogP contribution is 2.24. The molecule has 0 aromatic heterocycles. The van der Waals surface area contributed by atoms with Crippen LogP contribution in [0.25, 0.3) is 12.2 Å². The number of aryl methyl sites for hydroxylation is 3. The van der Waals surface area contributed by atoms with Crippen LogP contribution in [-0.2, 0) is 0 Å². The number of rotatable bonds is 2. The summed E-state index contributed by atoms with van der Waals surface area (Å²) in [7, 11) is 0. The van der Waals surface area contributed by atoms with Gasteiger partial charge in [-0.15, -0.1) is 0 Å². The fraction of sp³-hybridized carbons (Fsp3) is 0.176. The molecular formula is C17H18O2. The largest absolute Gasteiger partial charge is 0.508 e. The van der Waals surface area contributed by atoms with Crippen LogP contribution < -0.4 is 0 Å². The maximum Gasteiger partial charge on any atom is 0.121 e. The Morgan fingerprint density at radius 2 is 1.26 bits per heavy atom. The van der Waals surface area contributed by atoms with Crippen LogP contribution in [0.1, 0.15) is 27.8 Å². The number of phenolic OH excluding ortho intramolecular Hbond substituents is 2. The predicted molar refractivity (Wildman–Crippen MR) is 79.4 cm³/mol. The third-order valence-corrected chi connectivity index (χ3v) is 3.20. The van der Waals surface area contributed by atoms with Crippen molar-refractivity contribution in [3.05, 3.63) is 58.1 Å². The Morgan fingerprint density at radius 1 is 0.737 bits per heavy atom. The van der Waals surface area contributed by atoms with Gasteiger partial charge in [0.1, 0.15) is 11.5 Å². The van der Waals surface area contributed by atoms with E-state index >= 15 is 0 Å². The summed E-state index contributed by atoms with van der Waals surface area (Å²) in [5.41, 5.74) is 4.71. The van der Waals surface area contributed by atoms with Gasteiger partial charge in [-0.3, -0.25) is 0 Å². The van der Waals surface area contributed by atoms with E-state index in [1.54, 1.807) is 6.07 Å². The van der Waals surface area contributed by atoms with Gasteiger partial charge >= 0.3 is 0 Å². The molecule has 2 heteroatoms. The van der Waals surface area contributed by atoms with Gasteiger partial charge in [0.2, 0.25) is 0 Å². The van der Waals surface area contributed by atoms with E-state index in [-0.39, 0.29) is 0 Å². The van der Waals surface area contributed by atoms with Gasteiger partial charge in [0.05, 0.1) is 0 Å². The summed E-state index contributed by atoms with van der Waals surface area (Å²) < 4.78 is 0. The monoisotopic (exact) mass is 254 g/mol. The zero-order chi connectivity index (χ0) is 14.0. The average molecular weight is 254 g/mol. The molecule has 0 saturated heterocycles. The Balaban J connectivity index is 2.30. The smallest absolute Gasteiger partial charge is 0.121 e. The molecule has 0 bridgehead atoms. The van der Waals surface area contributed by atoms with Crippen LogP contribution in [0.2, 0.25) is 0 Å². The fourth-order valence-electron chi connectivity index (χ4n) is 2.06. The van der Waals surface area contributed by atoms with E-state index in [2.05, 4.69) is 0 Å². The fourth-order valence-corrected chi connectivity index (χ4v) is 2.06. The average Bonchev–Trinajstić information content (AvgIpc) is 2.37. The highest BCUT2D eigenvalue weighted by Gasteiger charge is 2.01. The molecule has 0 radical (unpaired) electrons. The van der Waals surface area contributed by atoms with Gasteiger partial charge in [-0.1, -0.05) is 18.2 Å². The number of hydrogen-bond acceptors (Lipinski definition) is 2. The molecule has 0 fully saturated rings. The van der Waals surface area contributed by atoms with E-state index in [1.165, 1.54) is 0 Å². The van der Waals surface area contributed by atoms with Crippen LogP contribution in [0.15, 0.2) is 30.3 Å². The summed E-state index contributed by atoms with van der Waals surface area (Å²) in [6.45, 7) is 5.66. The Morgan fingerprint density at radius 3 is 1.84 bits per heavy atom. The van der Waals surface area contributed by atoms with Gasteiger partial charge in [-0.2, -0.15) is 0 Å². The van der Waals surface area contributed by atoms with Crippen molar-refractivity contribution in [3.63, 3.8) is 0 Å². The van der Waals surface area contributed by atoms with E-state index in [0.717, 1.165) is 27.8 Å². The van der Waals surface area contributed by atoms with Gasteiger partial charge in [-0.25, -0.2) is 0 Å². The van der Waals surface area contributed by atoms with Crippen molar-refractivity contribution in [1.82, 2.24) is 0 Å². The van der Waals surface area contributed by atoms with Crippen molar-refractivity contribution in [2.24, 2.45) is 0 Å². The van der Waals surface area contributed by atoms with Crippen molar-refractivity contribution in [1.29, 1.82) is 0 Å². The van der Waals surface area contributed by atoms with Gasteiger partial charge in [-0.05, 0) is 72.9 Å². The van der Waals surface area contributed by atoms with E-state index in [1.807, 2.05) is 57.2 Å². The maximum atomic E-state index is 9.73. The molecule has 2 nitrogen and oxygen atoms in total. The Labute approximate surface area is 113 Å². The number of phenols is 2. The molecule has 0 aliphatic rings. The second kappa shape index (κ2) is 5.19. The minimum absolute atomic E-state index is 0.313. The molecule has 2 N–H and O–H groups in total. The molecule has 2 aromatic rings. The Kier molecular flexibility index (Phi) is 3.61. The van der Waals surface area contributed by atoms with Crippen LogP contribution in [-0.4, -0.2) is 10.2 Å². The molecule has 0 amide bonds. The molecule has 0 aliphatic carbocycles. The zero-order valence-corrected chi connectivity index (χ0v) is 11.4. The lowest BCUT2D eigenvalue weighted by Crippen LogP contribution is -1.83. The van der Waals surface area contributed by atoms with E-state index < -0.39 is 0 Å². The summed E-state index contributed by atoms with van der Waals surface area (Å²) >= 11 is 0. The van der Waals surface area contributed by atoms with Gasteiger partial charge in [0.15, 0.2) is 0 Å². The highest BCUT2D eigenvalue weighted by molar-refractivity contribution is 5.71. The summed E-state index contributed by atoms with van der Waals surface area (Å²) in [6, 6.07) is 9.41. The summed E-state index contributed by atoms with van der Waals surface area (Å²) in [4.78, 5) is 0. The molecule has 0 atom stereocenters. The van der Waals surface area contributed by atoms with Crippen molar-refractivity contribution in [3.8, 4) is 11.5 Å². The zero-order valence-electron chi connectivity index (χ0n) is 11.4. The summed E-state index contributed by atoms with van der Waals surface area (Å²) in [6.07, 6.45) is 4.00. The molecule has 0 saturated carbocycles. The van der Waals surface area contributed by atoms with Gasteiger partial charge in [0.25, 0.3) is 0 Å². The van der Waals surface area contributed by atoms with Crippen LogP contribution in [0.5, 0.6) is 11.5 Å². The number of aromatic hydroxyl groups is 2. The van der Waals surface area contributed by atoms with Crippen LogP contribution in [0, 0.1) is 20.8 Å². The molecule has 2 aromatic carbocycles. The Hall–Kier alpha value is -2.22. The quantitative estimate of drug-likeness (QED) is 0.789. The predicted octanol–water partition coefficient (Wildman–Crippen LogP) is 4.19. The summed E-state index contributed by atoms with van der Waals surface area (Å²) in [5, 5.41) is 19.2. The second-order valence-electron chi connectivity index (χ2n) is 4.88. The standard InChI is InChI=1S/C17H18O2/c1-11-8-14(6-7-16(11)18)4-5-15-9-12(2)17(19)13(3)10-15/h4-10,18-19H,1-3H3/b5-4+. The first kappa shape index (κ1) is 13.2. The van der Waals surface area contributed by atoms with E-state index in [0.29, 0.717) is 11.5 Å². The molecule has 0 aliphatic heterocycles. The van der Waals surface area contributed by atoms with Crippen molar-refractivity contribution in [2.45, 2.75) is 20.8 Å². The first-order chi connectivity index (χ1) is 8.97. The first-order valence-electron chi connectivity index (χ1n) is 6.25. The van der Waals surface area contributed by atoms with Gasteiger partial charge in [0, 0.05) is 0 Å². The number of hydrogen-bond donors (Lipinski definition) is 2. The number of benzene rings is 2. The maximum absolute atomic E-state index is 9.73. The summed E-state index contributed by atoms with van der Waals surface area (Å²) in [5.74, 6) is 0.672. The molecule has 98 valence electrons. The minimum atomic E-state index is 0.313. The third kappa shape index (κ3) is 2.97.